The van der Waals surface area contributed by atoms with E-state index < -0.39 is 0 Å². The standard InChI is InChI=1S/C28H24BrFN6O2/c1-2-38-26-14-23-22(13-24(26)35-27(37)7-4-10-29)28(32-17-31-23)34-21-8-9-25-19(12-21)15-33-36(25)16-18-5-3-6-20(30)11-18/h3-9,11-15,17H,2,10,16H2,1H3,(H,35,37)(H,31,32,34). The van der Waals surface area contributed by atoms with Gasteiger partial charge in [0.25, 0.3) is 0 Å². The summed E-state index contributed by atoms with van der Waals surface area (Å²) in [7, 11) is 0. The molecule has 2 N–H and O–H groups in total. The van der Waals surface area contributed by atoms with Crippen molar-refractivity contribution in [1.82, 2.24) is 19.7 Å². The molecule has 0 bridgehead atoms. The van der Waals surface area contributed by atoms with Crippen molar-refractivity contribution in [2.45, 2.75) is 13.5 Å². The summed E-state index contributed by atoms with van der Waals surface area (Å²) in [5.74, 6) is 0.569. The average molecular weight is 575 g/mol. The Balaban J connectivity index is 1.45. The predicted octanol–water partition coefficient (Wildman–Crippen LogP) is 6.20. The number of carbonyl (C=O) groups excluding carboxylic acids is 1. The lowest BCUT2D eigenvalue weighted by Crippen LogP contribution is -2.10. The minimum Gasteiger partial charge on any atom is -0.492 e. The van der Waals surface area contributed by atoms with Crippen molar-refractivity contribution in [3.63, 3.8) is 0 Å². The number of amides is 1. The van der Waals surface area contributed by atoms with Crippen LogP contribution in [0.2, 0.25) is 0 Å². The molecule has 0 atom stereocenters. The first-order valence-corrected chi connectivity index (χ1v) is 13.1. The molecular weight excluding hydrogens is 551 g/mol. The van der Waals surface area contributed by atoms with E-state index in [9.17, 15) is 9.18 Å². The van der Waals surface area contributed by atoms with Gasteiger partial charge in [0, 0.05) is 33.9 Å². The summed E-state index contributed by atoms with van der Waals surface area (Å²) in [5.41, 5.74) is 3.76. The fourth-order valence-electron chi connectivity index (χ4n) is 4.12. The van der Waals surface area contributed by atoms with Crippen LogP contribution in [0.15, 0.2) is 79.3 Å². The summed E-state index contributed by atoms with van der Waals surface area (Å²) in [6.07, 6.45) is 6.43. The van der Waals surface area contributed by atoms with Gasteiger partial charge in [-0.3, -0.25) is 9.48 Å². The first-order chi connectivity index (χ1) is 18.5. The van der Waals surface area contributed by atoms with Crippen LogP contribution in [0, 0.1) is 5.82 Å². The van der Waals surface area contributed by atoms with Crippen LogP contribution in [0.4, 0.5) is 21.6 Å². The highest BCUT2D eigenvalue weighted by Gasteiger charge is 2.13. The fourth-order valence-corrected chi connectivity index (χ4v) is 4.30. The van der Waals surface area contributed by atoms with Crippen LogP contribution in [0.5, 0.6) is 5.75 Å². The van der Waals surface area contributed by atoms with E-state index in [1.807, 2.05) is 35.9 Å². The molecule has 38 heavy (non-hydrogen) atoms. The van der Waals surface area contributed by atoms with Crippen molar-refractivity contribution in [3.8, 4) is 5.75 Å². The Morgan fingerprint density at radius 2 is 2.05 bits per heavy atom. The summed E-state index contributed by atoms with van der Waals surface area (Å²) < 4.78 is 21.2. The second-order valence-corrected chi connectivity index (χ2v) is 9.04. The summed E-state index contributed by atoms with van der Waals surface area (Å²) >= 11 is 3.27. The number of hydrogen-bond acceptors (Lipinski definition) is 6. The Morgan fingerprint density at radius 3 is 2.87 bits per heavy atom. The van der Waals surface area contributed by atoms with E-state index in [0.717, 1.165) is 27.5 Å². The highest BCUT2D eigenvalue weighted by atomic mass is 79.9. The third kappa shape index (κ3) is 5.65. The molecule has 0 aliphatic carbocycles. The number of anilines is 3. The zero-order chi connectivity index (χ0) is 26.5. The van der Waals surface area contributed by atoms with Crippen LogP contribution >= 0.6 is 15.9 Å². The minimum atomic E-state index is -0.269. The van der Waals surface area contributed by atoms with Gasteiger partial charge < -0.3 is 15.4 Å². The molecular formula is C28H24BrFN6O2. The van der Waals surface area contributed by atoms with Gasteiger partial charge in [0.2, 0.25) is 5.91 Å². The van der Waals surface area contributed by atoms with E-state index in [-0.39, 0.29) is 11.7 Å². The summed E-state index contributed by atoms with van der Waals surface area (Å²) in [6.45, 7) is 2.78. The number of hydrogen-bond donors (Lipinski definition) is 2. The Morgan fingerprint density at radius 1 is 1.16 bits per heavy atom. The molecule has 0 unspecified atom stereocenters. The second kappa shape index (κ2) is 11.4. The number of rotatable bonds is 9. The van der Waals surface area contributed by atoms with Crippen molar-refractivity contribution in [1.29, 1.82) is 0 Å². The van der Waals surface area contributed by atoms with Gasteiger partial charge >= 0.3 is 0 Å². The average Bonchev–Trinajstić information content (AvgIpc) is 3.30. The minimum absolute atomic E-state index is 0.267. The largest absolute Gasteiger partial charge is 0.492 e. The highest BCUT2D eigenvalue weighted by Crippen LogP contribution is 2.34. The van der Waals surface area contributed by atoms with Gasteiger partial charge in [-0.15, -0.1) is 0 Å². The number of allylic oxidation sites excluding steroid dienone is 1. The maximum Gasteiger partial charge on any atom is 0.248 e. The van der Waals surface area contributed by atoms with Crippen molar-refractivity contribution >= 4 is 60.8 Å². The molecule has 2 heterocycles. The van der Waals surface area contributed by atoms with Gasteiger partial charge in [-0.1, -0.05) is 34.1 Å². The molecule has 0 aliphatic heterocycles. The molecule has 2 aromatic heterocycles. The van der Waals surface area contributed by atoms with Crippen LogP contribution in [-0.2, 0) is 11.3 Å². The number of aromatic nitrogens is 4. The molecule has 192 valence electrons. The summed E-state index contributed by atoms with van der Waals surface area (Å²) in [6, 6.07) is 16.0. The lowest BCUT2D eigenvalue weighted by atomic mass is 10.1. The van der Waals surface area contributed by atoms with E-state index in [2.05, 4.69) is 41.6 Å². The summed E-state index contributed by atoms with van der Waals surface area (Å²) in [5, 5.41) is 12.9. The quantitative estimate of drug-likeness (QED) is 0.161. The van der Waals surface area contributed by atoms with Crippen molar-refractivity contribution in [3.05, 3.63) is 90.7 Å². The monoisotopic (exact) mass is 574 g/mol. The molecule has 0 saturated carbocycles. The molecule has 0 spiro atoms. The van der Waals surface area contributed by atoms with Gasteiger partial charge in [0.15, 0.2) is 0 Å². The fraction of sp³-hybridized carbons (Fsp3) is 0.143. The van der Waals surface area contributed by atoms with Crippen LogP contribution < -0.4 is 15.4 Å². The number of carbonyl (C=O) groups is 1. The van der Waals surface area contributed by atoms with E-state index in [1.54, 1.807) is 30.5 Å². The SMILES string of the molecule is CCOc1cc2ncnc(Nc3ccc4c(cnn4Cc4cccc(F)c4)c3)c2cc1NC(=O)C=CCBr. The first-order valence-electron chi connectivity index (χ1n) is 12.0. The topological polar surface area (TPSA) is 94.0 Å². The molecule has 8 nitrogen and oxygen atoms in total. The molecule has 0 saturated heterocycles. The molecule has 10 heteroatoms. The Kier molecular flexibility index (Phi) is 7.60. The zero-order valence-corrected chi connectivity index (χ0v) is 22.1. The predicted molar refractivity (Wildman–Crippen MR) is 151 cm³/mol. The molecule has 0 aliphatic rings. The maximum atomic E-state index is 13.6. The van der Waals surface area contributed by atoms with E-state index in [0.29, 0.717) is 41.3 Å². The van der Waals surface area contributed by atoms with Gasteiger partial charge in [0.1, 0.15) is 23.7 Å². The molecule has 3 aromatic carbocycles. The van der Waals surface area contributed by atoms with E-state index in [1.165, 1.54) is 24.5 Å². The third-order valence-electron chi connectivity index (χ3n) is 5.78. The molecule has 0 radical (unpaired) electrons. The van der Waals surface area contributed by atoms with Gasteiger partial charge in [-0.05, 0) is 48.9 Å². The van der Waals surface area contributed by atoms with Gasteiger partial charge in [-0.2, -0.15) is 5.10 Å². The Labute approximate surface area is 226 Å². The third-order valence-corrected chi connectivity index (χ3v) is 6.15. The zero-order valence-electron chi connectivity index (χ0n) is 20.5. The van der Waals surface area contributed by atoms with E-state index >= 15 is 0 Å². The Hall–Kier alpha value is -4.31. The first kappa shape index (κ1) is 25.3. The van der Waals surface area contributed by atoms with Crippen LogP contribution in [0.3, 0.4) is 0 Å². The smallest absolute Gasteiger partial charge is 0.248 e. The molecule has 0 fully saturated rings. The van der Waals surface area contributed by atoms with Gasteiger partial charge in [0.05, 0.1) is 36.1 Å². The number of nitrogens with one attached hydrogen (secondary N) is 2. The lowest BCUT2D eigenvalue weighted by molar-refractivity contribution is -0.111. The molecule has 5 aromatic rings. The van der Waals surface area contributed by atoms with Crippen LogP contribution in [-0.4, -0.2) is 37.6 Å². The highest BCUT2D eigenvalue weighted by molar-refractivity contribution is 9.09. The van der Waals surface area contributed by atoms with E-state index in [4.69, 9.17) is 4.74 Å². The molecule has 5 rings (SSSR count). The van der Waals surface area contributed by atoms with Crippen molar-refractivity contribution in [2.75, 3.05) is 22.6 Å². The van der Waals surface area contributed by atoms with Gasteiger partial charge in [-0.25, -0.2) is 14.4 Å². The number of ether oxygens (including phenoxy) is 1. The number of benzene rings is 3. The number of nitrogens with zero attached hydrogens (tertiary/aromatic N) is 4. The lowest BCUT2D eigenvalue weighted by Gasteiger charge is -2.14. The second-order valence-electron chi connectivity index (χ2n) is 8.40. The van der Waals surface area contributed by atoms with Crippen LogP contribution in [0.25, 0.3) is 21.8 Å². The maximum absolute atomic E-state index is 13.6. The van der Waals surface area contributed by atoms with Crippen molar-refractivity contribution in [2.24, 2.45) is 0 Å². The van der Waals surface area contributed by atoms with Crippen LogP contribution in [0.1, 0.15) is 12.5 Å². The summed E-state index contributed by atoms with van der Waals surface area (Å²) in [4.78, 5) is 21.2. The number of fused-ring (bicyclic) bond motifs is 2. The Bertz CT molecular complexity index is 1650. The number of alkyl halides is 1. The molecule has 1 amide bonds. The number of halogens is 2. The normalized spacial score (nSPS) is 11.3. The van der Waals surface area contributed by atoms with Crippen molar-refractivity contribution < 1.29 is 13.9 Å².